The van der Waals surface area contributed by atoms with Gasteiger partial charge in [-0.05, 0) is 57.0 Å². The zero-order chi connectivity index (χ0) is 14.7. The molecule has 0 saturated carbocycles. The van der Waals surface area contributed by atoms with Crippen molar-refractivity contribution in [1.82, 2.24) is 5.32 Å². The van der Waals surface area contributed by atoms with Crippen molar-refractivity contribution >= 4 is 15.9 Å². The quantitative estimate of drug-likeness (QED) is 0.826. The fraction of sp³-hybridized carbons (Fsp3) is 0.412. The van der Waals surface area contributed by atoms with Crippen molar-refractivity contribution in [3.63, 3.8) is 0 Å². The fourth-order valence-corrected chi connectivity index (χ4v) is 2.93. The van der Waals surface area contributed by atoms with Gasteiger partial charge in [-0.1, -0.05) is 35.0 Å². The maximum absolute atomic E-state index is 5.72. The van der Waals surface area contributed by atoms with Crippen molar-refractivity contribution in [2.45, 2.75) is 40.2 Å². The average Bonchev–Trinajstić information content (AvgIpc) is 2.74. The number of hydrogen-bond acceptors (Lipinski definition) is 2. The highest BCUT2D eigenvalue weighted by atomic mass is 79.9. The minimum atomic E-state index is 0.185. The number of benzene rings is 1. The second-order valence-electron chi connectivity index (χ2n) is 5.21. The highest BCUT2D eigenvalue weighted by Gasteiger charge is 2.20. The van der Waals surface area contributed by atoms with Gasteiger partial charge in [-0.25, -0.2) is 0 Å². The summed E-state index contributed by atoms with van der Waals surface area (Å²) in [6, 6.07) is 8.70. The van der Waals surface area contributed by atoms with E-state index in [2.05, 4.69) is 59.4 Å². The van der Waals surface area contributed by atoms with Gasteiger partial charge in [0, 0.05) is 10.0 Å². The molecule has 1 heterocycles. The Hall–Kier alpha value is -1.06. The number of hydrogen-bond donors (Lipinski definition) is 1. The zero-order valence-corrected chi connectivity index (χ0v) is 14.2. The van der Waals surface area contributed by atoms with Gasteiger partial charge in [-0.2, -0.15) is 0 Å². The third-order valence-electron chi connectivity index (χ3n) is 3.61. The third kappa shape index (κ3) is 3.15. The summed E-state index contributed by atoms with van der Waals surface area (Å²) in [7, 11) is 0. The van der Waals surface area contributed by atoms with Gasteiger partial charge in [0.15, 0.2) is 0 Å². The first kappa shape index (κ1) is 15.3. The SMILES string of the molecule is CCCNC(c1cc(C)oc1C)c1cccc(Br)c1C. The molecule has 0 spiro atoms. The number of halogens is 1. The Balaban J connectivity index is 2.47. The van der Waals surface area contributed by atoms with E-state index in [4.69, 9.17) is 4.42 Å². The minimum Gasteiger partial charge on any atom is -0.466 e. The summed E-state index contributed by atoms with van der Waals surface area (Å²) >= 11 is 3.63. The Morgan fingerprint density at radius 1 is 1.20 bits per heavy atom. The van der Waals surface area contributed by atoms with Crippen molar-refractivity contribution in [3.05, 3.63) is 56.9 Å². The lowest BCUT2D eigenvalue weighted by Crippen LogP contribution is -2.24. The van der Waals surface area contributed by atoms with Crippen molar-refractivity contribution < 1.29 is 4.42 Å². The smallest absolute Gasteiger partial charge is 0.106 e. The molecule has 108 valence electrons. The highest BCUT2D eigenvalue weighted by Crippen LogP contribution is 2.32. The molecule has 0 aliphatic heterocycles. The predicted molar refractivity (Wildman–Crippen MR) is 87.2 cm³/mol. The average molecular weight is 336 g/mol. The summed E-state index contributed by atoms with van der Waals surface area (Å²) in [6.45, 7) is 9.37. The number of nitrogens with one attached hydrogen (secondary N) is 1. The van der Waals surface area contributed by atoms with Crippen LogP contribution in [0.3, 0.4) is 0 Å². The standard InChI is InChI=1S/C17H22BrNO/c1-5-9-19-17(15-10-11(2)20-13(15)4)14-7-6-8-16(18)12(14)3/h6-8,10,17,19H,5,9H2,1-4H3. The van der Waals surface area contributed by atoms with Crippen molar-refractivity contribution in [2.75, 3.05) is 6.54 Å². The summed E-state index contributed by atoms with van der Waals surface area (Å²) in [5, 5.41) is 3.64. The van der Waals surface area contributed by atoms with Gasteiger partial charge in [-0.3, -0.25) is 0 Å². The second kappa shape index (κ2) is 6.59. The normalized spacial score (nSPS) is 12.7. The minimum absolute atomic E-state index is 0.185. The first-order valence-corrected chi connectivity index (χ1v) is 7.89. The second-order valence-corrected chi connectivity index (χ2v) is 6.06. The molecule has 2 aromatic rings. The molecule has 1 aromatic carbocycles. The molecule has 1 unspecified atom stereocenters. The van der Waals surface area contributed by atoms with Gasteiger partial charge >= 0.3 is 0 Å². The van der Waals surface area contributed by atoms with Crippen LogP contribution < -0.4 is 5.32 Å². The van der Waals surface area contributed by atoms with Gasteiger partial charge in [0.05, 0.1) is 6.04 Å². The molecule has 1 aromatic heterocycles. The Morgan fingerprint density at radius 2 is 1.95 bits per heavy atom. The van der Waals surface area contributed by atoms with Crippen LogP contribution in [0.15, 0.2) is 33.2 Å². The maximum Gasteiger partial charge on any atom is 0.106 e. The van der Waals surface area contributed by atoms with Crippen LogP contribution in [-0.4, -0.2) is 6.54 Å². The van der Waals surface area contributed by atoms with Crippen molar-refractivity contribution in [3.8, 4) is 0 Å². The Labute approximate surface area is 129 Å². The first-order valence-electron chi connectivity index (χ1n) is 7.10. The molecular formula is C17H22BrNO. The van der Waals surface area contributed by atoms with Crippen LogP contribution in [-0.2, 0) is 0 Å². The third-order valence-corrected chi connectivity index (χ3v) is 4.47. The zero-order valence-electron chi connectivity index (χ0n) is 12.6. The van der Waals surface area contributed by atoms with E-state index < -0.39 is 0 Å². The molecule has 0 saturated heterocycles. The van der Waals surface area contributed by atoms with E-state index in [0.29, 0.717) is 0 Å². The molecule has 0 aliphatic rings. The van der Waals surface area contributed by atoms with Gasteiger partial charge in [0.1, 0.15) is 11.5 Å². The summed E-state index contributed by atoms with van der Waals surface area (Å²) in [5.74, 6) is 1.96. The molecule has 0 aliphatic carbocycles. The van der Waals surface area contributed by atoms with E-state index in [-0.39, 0.29) is 6.04 Å². The molecule has 1 N–H and O–H groups in total. The summed E-state index contributed by atoms with van der Waals surface area (Å²) in [4.78, 5) is 0. The van der Waals surface area contributed by atoms with Crippen LogP contribution in [0.1, 0.15) is 47.6 Å². The topological polar surface area (TPSA) is 25.2 Å². The van der Waals surface area contributed by atoms with E-state index in [1.165, 1.54) is 16.7 Å². The fourth-order valence-electron chi connectivity index (χ4n) is 2.55. The number of aryl methyl sites for hydroxylation is 2. The van der Waals surface area contributed by atoms with E-state index in [1.54, 1.807) is 0 Å². The van der Waals surface area contributed by atoms with Crippen molar-refractivity contribution in [1.29, 1.82) is 0 Å². The van der Waals surface area contributed by atoms with Gasteiger partial charge in [0.25, 0.3) is 0 Å². The van der Waals surface area contributed by atoms with Gasteiger partial charge in [-0.15, -0.1) is 0 Å². The molecule has 1 atom stereocenters. The molecule has 0 bridgehead atoms. The van der Waals surface area contributed by atoms with Crippen LogP contribution in [0.2, 0.25) is 0 Å². The van der Waals surface area contributed by atoms with E-state index in [0.717, 1.165) is 29.0 Å². The first-order chi connectivity index (χ1) is 9.54. The van der Waals surface area contributed by atoms with Gasteiger partial charge < -0.3 is 9.73 Å². The molecule has 0 amide bonds. The monoisotopic (exact) mass is 335 g/mol. The molecule has 0 radical (unpaired) electrons. The highest BCUT2D eigenvalue weighted by molar-refractivity contribution is 9.10. The van der Waals surface area contributed by atoms with Crippen LogP contribution >= 0.6 is 15.9 Å². The number of furan rings is 1. The lowest BCUT2D eigenvalue weighted by molar-refractivity contribution is 0.493. The van der Waals surface area contributed by atoms with Crippen LogP contribution in [0.5, 0.6) is 0 Å². The molecule has 0 fully saturated rings. The van der Waals surface area contributed by atoms with E-state index in [1.807, 2.05) is 13.8 Å². The maximum atomic E-state index is 5.72. The molecule has 2 rings (SSSR count). The Kier molecular flexibility index (Phi) is 5.06. The summed E-state index contributed by atoms with van der Waals surface area (Å²) in [6.07, 6.45) is 1.11. The molecule has 20 heavy (non-hydrogen) atoms. The van der Waals surface area contributed by atoms with Crippen molar-refractivity contribution in [2.24, 2.45) is 0 Å². The Morgan fingerprint density at radius 3 is 2.55 bits per heavy atom. The van der Waals surface area contributed by atoms with Gasteiger partial charge in [0.2, 0.25) is 0 Å². The predicted octanol–water partition coefficient (Wildman–Crippen LogP) is 5.06. The summed E-state index contributed by atoms with van der Waals surface area (Å²) in [5.41, 5.74) is 3.81. The molecule has 3 heteroatoms. The lowest BCUT2D eigenvalue weighted by Gasteiger charge is -2.21. The Bertz CT molecular complexity index is 589. The largest absolute Gasteiger partial charge is 0.466 e. The molecular weight excluding hydrogens is 314 g/mol. The van der Waals surface area contributed by atoms with Crippen LogP contribution in [0.4, 0.5) is 0 Å². The van der Waals surface area contributed by atoms with E-state index >= 15 is 0 Å². The lowest BCUT2D eigenvalue weighted by atomic mass is 9.95. The molecule has 2 nitrogen and oxygen atoms in total. The number of rotatable bonds is 5. The van der Waals surface area contributed by atoms with Crippen LogP contribution in [0, 0.1) is 20.8 Å². The van der Waals surface area contributed by atoms with Crippen LogP contribution in [0.25, 0.3) is 0 Å². The van der Waals surface area contributed by atoms with E-state index in [9.17, 15) is 0 Å². The summed E-state index contributed by atoms with van der Waals surface area (Å²) < 4.78 is 6.86.